The monoisotopic (exact) mass is 626 g/mol. The predicted octanol–water partition coefficient (Wildman–Crippen LogP) is 3.89. The number of para-hydroxylation sites is 1. The molecule has 0 saturated heterocycles. The molecule has 0 aliphatic carbocycles. The molecule has 0 radical (unpaired) electrons. The first kappa shape index (κ1) is 32.4. The number of likely N-dealkylation sites (N-methyl/N-ethyl adjacent to an activating group) is 1. The number of carbonyl (C=O) groups is 2. The van der Waals surface area contributed by atoms with Crippen molar-refractivity contribution < 1.29 is 37.3 Å². The lowest BCUT2D eigenvalue weighted by atomic mass is 9.99. The Bertz CT molecular complexity index is 1560. The zero-order valence-electron chi connectivity index (χ0n) is 25.3. The van der Waals surface area contributed by atoms with Gasteiger partial charge in [0.15, 0.2) is 5.75 Å². The van der Waals surface area contributed by atoms with Gasteiger partial charge in [-0.15, -0.1) is 0 Å². The number of urea groups is 1. The number of sulfonamides is 1. The molecule has 236 valence electrons. The summed E-state index contributed by atoms with van der Waals surface area (Å²) in [6.07, 6.45) is -0.659. The van der Waals surface area contributed by atoms with Crippen LogP contribution in [0.2, 0.25) is 0 Å². The largest absolute Gasteiger partial charge is 0.497 e. The lowest BCUT2D eigenvalue weighted by Gasteiger charge is -2.38. The molecular formula is C31H38N4O8S. The fraction of sp³-hybridized carbons (Fsp3) is 0.355. The Morgan fingerprint density at radius 1 is 1.07 bits per heavy atom. The van der Waals surface area contributed by atoms with Crippen LogP contribution in [0, 0.1) is 5.92 Å². The molecule has 4 rings (SSSR count). The van der Waals surface area contributed by atoms with Crippen molar-refractivity contribution in [1.82, 2.24) is 9.80 Å². The molecule has 0 aromatic heterocycles. The highest BCUT2D eigenvalue weighted by atomic mass is 32.2. The molecule has 0 bridgehead atoms. The van der Waals surface area contributed by atoms with Gasteiger partial charge in [0.1, 0.15) is 17.6 Å². The summed E-state index contributed by atoms with van der Waals surface area (Å²) in [5, 5.41) is 12.8. The van der Waals surface area contributed by atoms with Crippen LogP contribution in [-0.2, 0) is 10.0 Å². The quantitative estimate of drug-likeness (QED) is 0.307. The van der Waals surface area contributed by atoms with E-state index in [0.29, 0.717) is 17.2 Å². The first-order valence-electron chi connectivity index (χ1n) is 14.0. The number of fused-ring (bicyclic) bond motifs is 1. The minimum Gasteiger partial charge on any atom is -0.497 e. The molecule has 1 aliphatic rings. The summed E-state index contributed by atoms with van der Waals surface area (Å²) >= 11 is 0. The van der Waals surface area contributed by atoms with Crippen LogP contribution < -0.4 is 24.2 Å². The summed E-state index contributed by atoms with van der Waals surface area (Å²) < 4.78 is 46.0. The van der Waals surface area contributed by atoms with Gasteiger partial charge in [0.05, 0.1) is 49.6 Å². The Kier molecular flexibility index (Phi) is 10.2. The number of amides is 3. The second-order valence-corrected chi connectivity index (χ2v) is 12.3. The van der Waals surface area contributed by atoms with Crippen LogP contribution in [0.25, 0.3) is 0 Å². The summed E-state index contributed by atoms with van der Waals surface area (Å²) in [5.74, 6) is 0.455. The Morgan fingerprint density at radius 2 is 1.68 bits per heavy atom. The van der Waals surface area contributed by atoms with E-state index in [9.17, 15) is 23.1 Å². The van der Waals surface area contributed by atoms with Crippen molar-refractivity contribution in [1.29, 1.82) is 0 Å². The molecule has 3 aromatic rings. The minimum atomic E-state index is -4.09. The molecule has 0 saturated carbocycles. The van der Waals surface area contributed by atoms with Gasteiger partial charge in [0.2, 0.25) is 0 Å². The molecular weight excluding hydrogens is 588 g/mol. The van der Waals surface area contributed by atoms with Crippen LogP contribution in [0.15, 0.2) is 71.6 Å². The maximum absolute atomic E-state index is 13.7. The number of anilines is 2. The molecule has 1 heterocycles. The molecule has 13 heteroatoms. The lowest BCUT2D eigenvalue weighted by Crippen LogP contribution is -2.50. The summed E-state index contributed by atoms with van der Waals surface area (Å²) in [4.78, 5) is 29.8. The lowest BCUT2D eigenvalue weighted by molar-refractivity contribution is 0.0373. The summed E-state index contributed by atoms with van der Waals surface area (Å²) in [6.45, 7) is 3.68. The average molecular weight is 627 g/mol. The van der Waals surface area contributed by atoms with Crippen molar-refractivity contribution in [3.05, 3.63) is 72.3 Å². The summed E-state index contributed by atoms with van der Waals surface area (Å²) in [7, 11) is 0.571. The van der Waals surface area contributed by atoms with Crippen LogP contribution in [0.3, 0.4) is 0 Å². The maximum Gasteiger partial charge on any atom is 0.321 e. The SMILES string of the molecule is COc1ccc(NC(=O)N(C)C[C@@H]2Oc3c(NS(=O)(=O)c4ccc(OC)cc4)cccc3C(=O)N([C@@H](C)CO)C[C@@H]2C)cc1. The van der Waals surface area contributed by atoms with E-state index in [2.05, 4.69) is 10.0 Å². The molecule has 0 unspecified atom stereocenters. The standard InChI is InChI=1S/C31H38N4O8S/c1-20-17-35(21(2)19-36)30(37)26-7-6-8-27(33-44(39,40)25-15-13-24(42-5)14-16-25)29(26)43-28(20)18-34(3)31(38)32-22-9-11-23(41-4)12-10-22/h6-16,20-21,28,33,36H,17-19H2,1-5H3,(H,32,38)/t20-,21-,28-/m0/s1. The highest BCUT2D eigenvalue weighted by Crippen LogP contribution is 2.36. The number of hydrogen-bond donors (Lipinski definition) is 3. The number of benzene rings is 3. The Hall–Kier alpha value is -4.49. The van der Waals surface area contributed by atoms with Crippen molar-refractivity contribution >= 4 is 33.3 Å². The van der Waals surface area contributed by atoms with E-state index in [4.69, 9.17) is 14.2 Å². The molecule has 0 fully saturated rings. The highest BCUT2D eigenvalue weighted by Gasteiger charge is 2.35. The summed E-state index contributed by atoms with van der Waals surface area (Å²) in [6, 6.07) is 16.5. The van der Waals surface area contributed by atoms with Crippen LogP contribution >= 0.6 is 0 Å². The fourth-order valence-corrected chi connectivity index (χ4v) is 5.81. The topological polar surface area (TPSA) is 147 Å². The third kappa shape index (κ3) is 7.34. The maximum atomic E-state index is 13.7. The van der Waals surface area contributed by atoms with Crippen molar-refractivity contribution in [2.75, 3.05) is 51.0 Å². The third-order valence-corrected chi connectivity index (χ3v) is 8.83. The Labute approximate surface area is 257 Å². The number of carbonyl (C=O) groups excluding carboxylic acids is 2. The number of methoxy groups -OCH3 is 2. The number of nitrogens with zero attached hydrogens (tertiary/aromatic N) is 2. The van der Waals surface area contributed by atoms with Gasteiger partial charge in [-0.25, -0.2) is 13.2 Å². The first-order chi connectivity index (χ1) is 21.0. The van der Waals surface area contributed by atoms with Crippen LogP contribution in [0.5, 0.6) is 17.2 Å². The molecule has 3 amide bonds. The molecule has 12 nitrogen and oxygen atoms in total. The van der Waals surface area contributed by atoms with Crippen LogP contribution in [-0.4, -0.2) is 88.4 Å². The summed E-state index contributed by atoms with van der Waals surface area (Å²) in [5.41, 5.74) is 0.763. The number of aliphatic hydroxyl groups is 1. The third-order valence-electron chi connectivity index (χ3n) is 7.45. The number of ether oxygens (including phenoxy) is 3. The number of rotatable bonds is 10. The van der Waals surface area contributed by atoms with Crippen molar-refractivity contribution in [2.24, 2.45) is 5.92 Å². The van der Waals surface area contributed by atoms with Gasteiger partial charge in [0, 0.05) is 25.2 Å². The van der Waals surface area contributed by atoms with E-state index in [1.807, 2.05) is 6.92 Å². The first-order valence-corrected chi connectivity index (χ1v) is 15.5. The number of aliphatic hydroxyl groups excluding tert-OH is 1. The molecule has 3 atom stereocenters. The Balaban J connectivity index is 1.66. The predicted molar refractivity (Wildman–Crippen MR) is 166 cm³/mol. The zero-order valence-corrected chi connectivity index (χ0v) is 26.1. The molecule has 1 aliphatic heterocycles. The van der Waals surface area contributed by atoms with E-state index in [1.165, 1.54) is 47.2 Å². The van der Waals surface area contributed by atoms with Gasteiger partial charge >= 0.3 is 6.03 Å². The number of nitrogens with one attached hydrogen (secondary N) is 2. The average Bonchev–Trinajstić information content (AvgIpc) is 3.02. The Morgan fingerprint density at radius 3 is 2.27 bits per heavy atom. The normalized spacial score (nSPS) is 17.3. The molecule has 44 heavy (non-hydrogen) atoms. The second kappa shape index (κ2) is 13.9. The second-order valence-electron chi connectivity index (χ2n) is 10.6. The van der Waals surface area contributed by atoms with Crippen LogP contribution in [0.1, 0.15) is 24.2 Å². The van der Waals surface area contributed by atoms with Gasteiger partial charge in [-0.05, 0) is 67.6 Å². The van der Waals surface area contributed by atoms with Crippen molar-refractivity contribution in [3.8, 4) is 17.2 Å². The van der Waals surface area contributed by atoms with Gasteiger partial charge in [-0.3, -0.25) is 9.52 Å². The molecule has 0 spiro atoms. The zero-order chi connectivity index (χ0) is 32.0. The van der Waals surface area contributed by atoms with E-state index in [0.717, 1.165) is 0 Å². The van der Waals surface area contributed by atoms with E-state index in [1.54, 1.807) is 57.5 Å². The number of hydrogen-bond acceptors (Lipinski definition) is 8. The van der Waals surface area contributed by atoms with E-state index >= 15 is 0 Å². The van der Waals surface area contributed by atoms with Crippen LogP contribution in [0.4, 0.5) is 16.2 Å². The smallest absolute Gasteiger partial charge is 0.321 e. The minimum absolute atomic E-state index is 0.0107. The van der Waals surface area contributed by atoms with Crippen molar-refractivity contribution in [2.45, 2.75) is 30.9 Å². The van der Waals surface area contributed by atoms with Gasteiger partial charge in [-0.2, -0.15) is 0 Å². The van der Waals surface area contributed by atoms with Gasteiger partial charge in [-0.1, -0.05) is 13.0 Å². The van der Waals surface area contributed by atoms with Gasteiger partial charge < -0.3 is 34.4 Å². The van der Waals surface area contributed by atoms with E-state index < -0.39 is 34.1 Å². The van der Waals surface area contributed by atoms with Gasteiger partial charge in [0.25, 0.3) is 15.9 Å². The van der Waals surface area contributed by atoms with E-state index in [-0.39, 0.29) is 47.5 Å². The highest BCUT2D eigenvalue weighted by molar-refractivity contribution is 7.92. The molecule has 3 N–H and O–H groups in total. The van der Waals surface area contributed by atoms with Crippen molar-refractivity contribution in [3.63, 3.8) is 0 Å². The molecule has 3 aromatic carbocycles. The fourth-order valence-electron chi connectivity index (χ4n) is 4.75.